The molecule has 0 unspecified atom stereocenters. The molecule has 0 fully saturated rings. The molecule has 18 heavy (non-hydrogen) atoms. The second-order valence-electron chi connectivity index (χ2n) is 3.20. The number of para-hydroxylation sites is 3. The third-order valence-corrected chi connectivity index (χ3v) is 2.01. The monoisotopic (exact) mass is 246 g/mol. The molecule has 0 amide bonds. The van der Waals surface area contributed by atoms with Crippen LogP contribution in [0.5, 0.6) is 17.2 Å². The minimum absolute atomic E-state index is 0.181. The quantitative estimate of drug-likeness (QED) is 0.846. The van der Waals surface area contributed by atoms with Crippen molar-refractivity contribution in [1.82, 2.24) is 0 Å². The first kappa shape index (κ1) is 13.6. The highest BCUT2D eigenvalue weighted by molar-refractivity contribution is 5.44. The summed E-state index contributed by atoms with van der Waals surface area (Å²) in [5.41, 5.74) is 0. The Labute approximate surface area is 105 Å². The number of aromatic hydroxyl groups is 1. The van der Waals surface area contributed by atoms with Crippen LogP contribution >= 0.6 is 0 Å². The Bertz CT molecular complexity index is 468. The third-order valence-electron chi connectivity index (χ3n) is 2.01. The van der Waals surface area contributed by atoms with Crippen molar-refractivity contribution >= 4 is 6.47 Å². The zero-order valence-corrected chi connectivity index (χ0v) is 9.95. The fourth-order valence-electron chi connectivity index (χ4n) is 1.18. The van der Waals surface area contributed by atoms with Crippen LogP contribution in [0.2, 0.25) is 0 Å². The van der Waals surface area contributed by atoms with Gasteiger partial charge in [0.2, 0.25) is 0 Å². The van der Waals surface area contributed by atoms with Gasteiger partial charge < -0.3 is 14.6 Å². The second kappa shape index (κ2) is 7.73. The van der Waals surface area contributed by atoms with Crippen LogP contribution in [0.3, 0.4) is 0 Å². The Morgan fingerprint density at radius 2 is 1.61 bits per heavy atom. The van der Waals surface area contributed by atoms with E-state index in [0.29, 0.717) is 18.0 Å². The van der Waals surface area contributed by atoms with E-state index in [0.717, 1.165) is 0 Å². The average Bonchev–Trinajstić information content (AvgIpc) is 2.42. The zero-order chi connectivity index (χ0) is 13.2. The van der Waals surface area contributed by atoms with E-state index in [1.165, 1.54) is 7.11 Å². The molecule has 0 aromatic heterocycles. The van der Waals surface area contributed by atoms with E-state index in [4.69, 9.17) is 9.84 Å². The van der Waals surface area contributed by atoms with Gasteiger partial charge in [-0.3, -0.25) is 4.79 Å². The Kier molecular flexibility index (Phi) is 5.83. The van der Waals surface area contributed by atoms with Crippen LogP contribution in [-0.2, 0) is 4.79 Å². The number of benzene rings is 2. The van der Waals surface area contributed by atoms with Crippen LogP contribution in [0, 0.1) is 0 Å². The summed E-state index contributed by atoms with van der Waals surface area (Å²) in [6.45, 7) is 0.412. The van der Waals surface area contributed by atoms with Crippen LogP contribution in [0.4, 0.5) is 0 Å². The van der Waals surface area contributed by atoms with Gasteiger partial charge in [0, 0.05) is 0 Å². The molecule has 1 N–H and O–H groups in total. The highest BCUT2D eigenvalue weighted by Gasteiger charge is 1.94. The lowest BCUT2D eigenvalue weighted by molar-refractivity contribution is -0.120. The molecule has 4 heteroatoms. The van der Waals surface area contributed by atoms with Crippen molar-refractivity contribution in [3.8, 4) is 17.2 Å². The van der Waals surface area contributed by atoms with Gasteiger partial charge in [0.25, 0.3) is 6.47 Å². The molecule has 0 saturated heterocycles. The lowest BCUT2D eigenvalue weighted by atomic mass is 10.3. The highest BCUT2D eigenvalue weighted by Crippen LogP contribution is 2.22. The number of carbonyl (C=O) groups excluding carboxylic acids is 1. The minimum atomic E-state index is 0.181. The van der Waals surface area contributed by atoms with Gasteiger partial charge in [0.15, 0.2) is 11.5 Å². The van der Waals surface area contributed by atoms with Gasteiger partial charge in [-0.1, -0.05) is 30.3 Å². The molecular formula is C14H14O4. The summed E-state index contributed by atoms with van der Waals surface area (Å²) in [7, 11) is 1.52. The number of ether oxygens (including phenoxy) is 2. The van der Waals surface area contributed by atoms with Crippen molar-refractivity contribution in [2.75, 3.05) is 7.11 Å². The van der Waals surface area contributed by atoms with Crippen LogP contribution < -0.4 is 9.47 Å². The number of methoxy groups -OCH3 is 1. The molecule has 0 aliphatic rings. The predicted octanol–water partition coefficient (Wildman–Crippen LogP) is 2.62. The van der Waals surface area contributed by atoms with Crippen molar-refractivity contribution in [2.24, 2.45) is 0 Å². The largest absolute Gasteiger partial charge is 0.504 e. The average molecular weight is 246 g/mol. The van der Waals surface area contributed by atoms with E-state index < -0.39 is 0 Å². The summed E-state index contributed by atoms with van der Waals surface area (Å²) in [6.07, 6.45) is 0. The highest BCUT2D eigenvalue weighted by atomic mass is 16.5. The predicted molar refractivity (Wildman–Crippen MR) is 67.8 cm³/mol. The van der Waals surface area contributed by atoms with E-state index >= 15 is 0 Å². The Morgan fingerprint density at radius 1 is 1.00 bits per heavy atom. The van der Waals surface area contributed by atoms with Crippen molar-refractivity contribution in [3.63, 3.8) is 0 Å². The standard InChI is InChI=1S/C7H8O2.C7H6O2/c1-9-7-5-3-2-4-6(7)8;8-6-9-7-4-2-1-3-5-7/h2-5,8H,1H3;1-6H. The summed E-state index contributed by atoms with van der Waals surface area (Å²) < 4.78 is 9.32. The van der Waals surface area contributed by atoms with Crippen molar-refractivity contribution < 1.29 is 19.4 Å². The molecular weight excluding hydrogens is 232 g/mol. The maximum Gasteiger partial charge on any atom is 0.298 e. The van der Waals surface area contributed by atoms with E-state index in [2.05, 4.69) is 4.74 Å². The van der Waals surface area contributed by atoms with Gasteiger partial charge >= 0.3 is 0 Å². The van der Waals surface area contributed by atoms with Gasteiger partial charge in [0.05, 0.1) is 7.11 Å². The minimum Gasteiger partial charge on any atom is -0.504 e. The topological polar surface area (TPSA) is 55.8 Å². The number of phenols is 1. The van der Waals surface area contributed by atoms with E-state index in [1.807, 2.05) is 6.07 Å². The van der Waals surface area contributed by atoms with Crippen LogP contribution in [-0.4, -0.2) is 18.7 Å². The normalized spacial score (nSPS) is 8.72. The Hall–Kier alpha value is -2.49. The number of phenolic OH excluding ortho intramolecular Hbond substituents is 1. The summed E-state index contributed by atoms with van der Waals surface area (Å²) in [6, 6.07) is 15.7. The molecule has 0 aliphatic carbocycles. The number of hydrogen-bond donors (Lipinski definition) is 1. The van der Waals surface area contributed by atoms with Gasteiger partial charge in [-0.15, -0.1) is 0 Å². The van der Waals surface area contributed by atoms with Gasteiger partial charge in [0.1, 0.15) is 5.75 Å². The van der Waals surface area contributed by atoms with Crippen molar-refractivity contribution in [2.45, 2.75) is 0 Å². The summed E-state index contributed by atoms with van der Waals surface area (Å²) in [5.74, 6) is 1.27. The third kappa shape index (κ3) is 4.57. The number of hydrogen-bond acceptors (Lipinski definition) is 4. The van der Waals surface area contributed by atoms with E-state index in [1.54, 1.807) is 48.5 Å². The number of carbonyl (C=O) groups is 1. The zero-order valence-electron chi connectivity index (χ0n) is 9.95. The fraction of sp³-hybridized carbons (Fsp3) is 0.0714. The van der Waals surface area contributed by atoms with E-state index in [9.17, 15) is 4.79 Å². The molecule has 0 spiro atoms. The van der Waals surface area contributed by atoms with E-state index in [-0.39, 0.29) is 5.75 Å². The molecule has 94 valence electrons. The van der Waals surface area contributed by atoms with Crippen molar-refractivity contribution in [3.05, 3.63) is 54.6 Å². The molecule has 0 saturated carbocycles. The molecule has 0 atom stereocenters. The molecule has 4 nitrogen and oxygen atoms in total. The second-order valence-corrected chi connectivity index (χ2v) is 3.20. The molecule has 0 aliphatic heterocycles. The molecule has 2 aromatic rings. The first-order valence-corrected chi connectivity index (χ1v) is 5.25. The molecule has 2 aromatic carbocycles. The van der Waals surface area contributed by atoms with Gasteiger partial charge in [-0.2, -0.15) is 0 Å². The molecule has 0 heterocycles. The molecule has 2 rings (SSSR count). The smallest absolute Gasteiger partial charge is 0.298 e. The van der Waals surface area contributed by atoms with Gasteiger partial charge in [-0.25, -0.2) is 0 Å². The summed E-state index contributed by atoms with van der Waals surface area (Å²) in [5, 5.41) is 8.99. The Morgan fingerprint density at radius 3 is 2.11 bits per heavy atom. The maximum atomic E-state index is 9.75. The van der Waals surface area contributed by atoms with Crippen LogP contribution in [0.25, 0.3) is 0 Å². The van der Waals surface area contributed by atoms with Crippen LogP contribution in [0.15, 0.2) is 54.6 Å². The van der Waals surface area contributed by atoms with Gasteiger partial charge in [-0.05, 0) is 24.3 Å². The summed E-state index contributed by atoms with van der Waals surface area (Å²) in [4.78, 5) is 9.75. The lowest BCUT2D eigenvalue weighted by Crippen LogP contribution is -1.85. The SMILES string of the molecule is COc1ccccc1O.O=COc1ccccc1. The fourth-order valence-corrected chi connectivity index (χ4v) is 1.18. The molecule has 0 radical (unpaired) electrons. The first-order valence-electron chi connectivity index (χ1n) is 5.25. The first-order chi connectivity index (χ1) is 8.77. The lowest BCUT2D eigenvalue weighted by Gasteiger charge is -1.99. The molecule has 0 bridgehead atoms. The number of rotatable bonds is 3. The van der Waals surface area contributed by atoms with Crippen LogP contribution in [0.1, 0.15) is 0 Å². The van der Waals surface area contributed by atoms with Crippen molar-refractivity contribution in [1.29, 1.82) is 0 Å². The summed E-state index contributed by atoms with van der Waals surface area (Å²) >= 11 is 0. The maximum absolute atomic E-state index is 9.75. The Balaban J connectivity index is 0.000000180.